The van der Waals surface area contributed by atoms with E-state index in [9.17, 15) is 9.59 Å². The topological polar surface area (TPSA) is 75.6 Å². The first-order valence-electron chi connectivity index (χ1n) is 10.7. The molecule has 0 bridgehead atoms. The van der Waals surface area contributed by atoms with Crippen LogP contribution in [-0.2, 0) is 13.1 Å². The molecule has 0 amide bonds. The van der Waals surface area contributed by atoms with Crippen LogP contribution >= 0.6 is 0 Å². The van der Waals surface area contributed by atoms with Crippen LogP contribution in [-0.4, -0.2) is 15.9 Å². The van der Waals surface area contributed by atoms with Crippen molar-refractivity contribution in [2.45, 2.75) is 20.0 Å². The average molecular weight is 440 g/mol. The SMILES string of the molecule is Cc1ccc(Cn2c(=O)n(Cc3ccc4c(c3)OCO4)c(=O)c3oc4ccccc4c32)cc1. The zero-order valence-electron chi connectivity index (χ0n) is 17.9. The summed E-state index contributed by atoms with van der Waals surface area (Å²) in [7, 11) is 0. The number of nitrogens with zero attached hydrogens (tertiary/aromatic N) is 2. The van der Waals surface area contributed by atoms with Gasteiger partial charge in [0.25, 0.3) is 5.56 Å². The van der Waals surface area contributed by atoms with Gasteiger partial charge in [0.1, 0.15) is 11.1 Å². The summed E-state index contributed by atoms with van der Waals surface area (Å²) in [6, 6.07) is 20.8. The van der Waals surface area contributed by atoms with Crippen LogP contribution < -0.4 is 20.7 Å². The molecule has 0 fully saturated rings. The molecule has 0 N–H and O–H groups in total. The number of rotatable bonds is 4. The Hall–Kier alpha value is -4.26. The van der Waals surface area contributed by atoms with Gasteiger partial charge in [-0.3, -0.25) is 13.9 Å². The number of fused-ring (bicyclic) bond motifs is 4. The number of aryl methyl sites for hydroxylation is 1. The normalized spacial score (nSPS) is 12.6. The quantitative estimate of drug-likeness (QED) is 0.422. The maximum absolute atomic E-state index is 13.7. The standard InChI is InChI=1S/C26H20N2O5/c1-16-6-8-17(9-7-16)13-27-23-19-4-2-3-5-20(19)33-24(23)25(29)28(26(27)30)14-18-10-11-21-22(12-18)32-15-31-21/h2-12H,13-15H2,1H3. The van der Waals surface area contributed by atoms with E-state index in [1.807, 2.05) is 55.5 Å². The monoisotopic (exact) mass is 440 g/mol. The van der Waals surface area contributed by atoms with E-state index in [1.54, 1.807) is 22.8 Å². The Kier molecular flexibility index (Phi) is 4.36. The van der Waals surface area contributed by atoms with Crippen molar-refractivity contribution >= 4 is 22.1 Å². The Labute approximate surface area is 188 Å². The van der Waals surface area contributed by atoms with Crippen molar-refractivity contribution in [3.05, 3.63) is 104 Å². The van der Waals surface area contributed by atoms with Gasteiger partial charge < -0.3 is 13.9 Å². The van der Waals surface area contributed by atoms with Gasteiger partial charge in [0.2, 0.25) is 12.4 Å². The molecular weight excluding hydrogens is 420 g/mol. The minimum atomic E-state index is -0.455. The highest BCUT2D eigenvalue weighted by molar-refractivity contribution is 6.02. The number of para-hydroxylation sites is 1. The number of aromatic nitrogens is 2. The lowest BCUT2D eigenvalue weighted by Crippen LogP contribution is -2.40. The third-order valence-corrected chi connectivity index (χ3v) is 5.98. The summed E-state index contributed by atoms with van der Waals surface area (Å²) in [5, 5.41) is 0.740. The Morgan fingerprint density at radius 3 is 2.39 bits per heavy atom. The molecule has 3 aromatic carbocycles. The molecule has 3 heterocycles. The molecule has 7 nitrogen and oxygen atoms in total. The Bertz CT molecular complexity index is 1640. The van der Waals surface area contributed by atoms with Crippen LogP contribution in [0.2, 0.25) is 0 Å². The molecular formula is C26H20N2O5. The molecule has 0 aliphatic carbocycles. The predicted octanol–water partition coefficient (Wildman–Crippen LogP) is 4.04. The summed E-state index contributed by atoms with van der Waals surface area (Å²) in [6.07, 6.45) is 0. The Morgan fingerprint density at radius 2 is 1.55 bits per heavy atom. The molecule has 33 heavy (non-hydrogen) atoms. The number of ether oxygens (including phenoxy) is 2. The van der Waals surface area contributed by atoms with Crippen LogP contribution in [0.1, 0.15) is 16.7 Å². The molecule has 0 saturated heterocycles. The van der Waals surface area contributed by atoms with Crippen molar-refractivity contribution in [1.29, 1.82) is 0 Å². The molecule has 7 heteroatoms. The number of hydrogen-bond acceptors (Lipinski definition) is 5. The predicted molar refractivity (Wildman–Crippen MR) is 124 cm³/mol. The maximum Gasteiger partial charge on any atom is 0.332 e. The van der Waals surface area contributed by atoms with Crippen molar-refractivity contribution in [3.8, 4) is 11.5 Å². The fourth-order valence-electron chi connectivity index (χ4n) is 4.28. The van der Waals surface area contributed by atoms with Gasteiger partial charge in [-0.05, 0) is 42.3 Å². The minimum absolute atomic E-state index is 0.0925. The molecule has 0 atom stereocenters. The van der Waals surface area contributed by atoms with Crippen LogP contribution in [0.25, 0.3) is 22.1 Å². The second kappa shape index (κ2) is 7.41. The van der Waals surface area contributed by atoms with Crippen LogP contribution in [0.5, 0.6) is 11.5 Å². The number of furan rings is 1. The second-order valence-corrected chi connectivity index (χ2v) is 8.21. The van der Waals surface area contributed by atoms with Gasteiger partial charge in [-0.25, -0.2) is 4.79 Å². The first-order chi connectivity index (χ1) is 16.1. The fraction of sp³-hybridized carbons (Fsp3) is 0.154. The first-order valence-corrected chi connectivity index (χ1v) is 10.7. The van der Waals surface area contributed by atoms with Gasteiger partial charge >= 0.3 is 5.69 Å². The third kappa shape index (κ3) is 3.20. The van der Waals surface area contributed by atoms with Crippen LogP contribution in [0.3, 0.4) is 0 Å². The highest BCUT2D eigenvalue weighted by Gasteiger charge is 2.21. The third-order valence-electron chi connectivity index (χ3n) is 5.98. The van der Waals surface area contributed by atoms with E-state index in [0.717, 1.165) is 22.1 Å². The molecule has 0 saturated carbocycles. The smallest absolute Gasteiger partial charge is 0.332 e. The average Bonchev–Trinajstić information content (AvgIpc) is 3.45. The molecule has 6 rings (SSSR count). The van der Waals surface area contributed by atoms with Crippen LogP contribution in [0.15, 0.2) is 80.7 Å². The lowest BCUT2D eigenvalue weighted by atomic mass is 10.1. The van der Waals surface area contributed by atoms with E-state index in [-0.39, 0.29) is 18.9 Å². The van der Waals surface area contributed by atoms with Gasteiger partial charge in [-0.1, -0.05) is 48.0 Å². The maximum atomic E-state index is 13.7. The number of hydrogen-bond donors (Lipinski definition) is 0. The number of benzene rings is 3. The van der Waals surface area contributed by atoms with Crippen molar-refractivity contribution < 1.29 is 13.9 Å². The summed E-state index contributed by atoms with van der Waals surface area (Å²) >= 11 is 0. The van der Waals surface area contributed by atoms with Crippen molar-refractivity contribution in [3.63, 3.8) is 0 Å². The Morgan fingerprint density at radius 1 is 0.818 bits per heavy atom. The lowest BCUT2D eigenvalue weighted by Gasteiger charge is -2.13. The molecule has 1 aliphatic heterocycles. The molecule has 1 aliphatic rings. The Balaban J connectivity index is 1.57. The van der Waals surface area contributed by atoms with E-state index in [2.05, 4.69) is 0 Å². The summed E-state index contributed by atoms with van der Waals surface area (Å²) in [4.78, 5) is 27.1. The zero-order chi connectivity index (χ0) is 22.5. The van der Waals surface area contributed by atoms with Gasteiger partial charge in [0.15, 0.2) is 11.5 Å². The van der Waals surface area contributed by atoms with E-state index >= 15 is 0 Å². The zero-order valence-corrected chi connectivity index (χ0v) is 17.9. The van der Waals surface area contributed by atoms with Gasteiger partial charge in [-0.2, -0.15) is 0 Å². The van der Waals surface area contributed by atoms with E-state index in [0.29, 0.717) is 29.1 Å². The largest absolute Gasteiger partial charge is 0.454 e. The summed E-state index contributed by atoms with van der Waals surface area (Å²) in [5.74, 6) is 1.25. The second-order valence-electron chi connectivity index (χ2n) is 8.21. The van der Waals surface area contributed by atoms with E-state index < -0.39 is 11.2 Å². The molecule has 164 valence electrons. The van der Waals surface area contributed by atoms with E-state index in [4.69, 9.17) is 13.9 Å². The van der Waals surface area contributed by atoms with Crippen LogP contribution in [0.4, 0.5) is 0 Å². The highest BCUT2D eigenvalue weighted by atomic mass is 16.7. The fourth-order valence-corrected chi connectivity index (χ4v) is 4.28. The van der Waals surface area contributed by atoms with E-state index in [1.165, 1.54) is 4.57 Å². The van der Waals surface area contributed by atoms with Crippen LogP contribution in [0, 0.1) is 6.92 Å². The summed E-state index contributed by atoms with van der Waals surface area (Å²) in [5.41, 5.74) is 3.27. The van der Waals surface area contributed by atoms with Gasteiger partial charge in [0, 0.05) is 5.39 Å². The summed E-state index contributed by atoms with van der Waals surface area (Å²) < 4.78 is 19.6. The molecule has 0 radical (unpaired) electrons. The highest BCUT2D eigenvalue weighted by Crippen LogP contribution is 2.32. The van der Waals surface area contributed by atoms with Crippen molar-refractivity contribution in [1.82, 2.24) is 9.13 Å². The van der Waals surface area contributed by atoms with Gasteiger partial charge in [-0.15, -0.1) is 0 Å². The minimum Gasteiger partial charge on any atom is -0.454 e. The van der Waals surface area contributed by atoms with Crippen molar-refractivity contribution in [2.75, 3.05) is 6.79 Å². The summed E-state index contributed by atoms with van der Waals surface area (Å²) in [6.45, 7) is 2.59. The first kappa shape index (κ1) is 19.4. The molecule has 5 aromatic rings. The van der Waals surface area contributed by atoms with Gasteiger partial charge in [0.05, 0.1) is 13.1 Å². The lowest BCUT2D eigenvalue weighted by molar-refractivity contribution is 0.174. The molecule has 2 aromatic heterocycles. The van der Waals surface area contributed by atoms with Crippen molar-refractivity contribution in [2.24, 2.45) is 0 Å². The molecule has 0 unspecified atom stereocenters. The molecule has 0 spiro atoms.